The van der Waals surface area contributed by atoms with E-state index in [2.05, 4.69) is 0 Å². The first-order valence-corrected chi connectivity index (χ1v) is 8.10. The maximum atomic E-state index is 12.7. The molecule has 0 aromatic rings. The second-order valence-corrected chi connectivity index (χ2v) is 6.66. The van der Waals surface area contributed by atoms with Gasteiger partial charge in [0.25, 0.3) is 0 Å². The van der Waals surface area contributed by atoms with Gasteiger partial charge in [-0.3, -0.25) is 4.90 Å². The smallest absolute Gasteiger partial charge is 0.327 e. The molecule has 2 aliphatic rings. The van der Waals surface area contributed by atoms with Gasteiger partial charge in [0.05, 0.1) is 18.0 Å². The average molecular weight is 302 g/mol. The lowest BCUT2D eigenvalue weighted by molar-refractivity contribution is -0.141. The van der Waals surface area contributed by atoms with E-state index in [1.807, 2.05) is 13.8 Å². The highest BCUT2D eigenvalue weighted by molar-refractivity contribution is 8.00. The van der Waals surface area contributed by atoms with Crippen LogP contribution >= 0.6 is 11.8 Å². The molecule has 0 saturated carbocycles. The number of amides is 2. The Kier molecular flexibility index (Phi) is 4.80. The number of carboxylic acid groups (broad SMARTS) is 1. The van der Waals surface area contributed by atoms with Crippen molar-refractivity contribution in [3.05, 3.63) is 0 Å². The molecule has 0 aromatic carbocycles. The third kappa shape index (κ3) is 2.61. The van der Waals surface area contributed by atoms with Crippen molar-refractivity contribution < 1.29 is 19.8 Å². The monoisotopic (exact) mass is 302 g/mol. The first kappa shape index (κ1) is 15.4. The maximum Gasteiger partial charge on any atom is 0.327 e. The molecule has 0 radical (unpaired) electrons. The number of carbonyl (C=O) groups is 2. The van der Waals surface area contributed by atoms with Crippen LogP contribution in [0.1, 0.15) is 26.7 Å². The molecule has 4 atom stereocenters. The van der Waals surface area contributed by atoms with Crippen LogP contribution in [0.5, 0.6) is 0 Å². The van der Waals surface area contributed by atoms with Gasteiger partial charge in [0.2, 0.25) is 0 Å². The second kappa shape index (κ2) is 6.22. The zero-order valence-electron chi connectivity index (χ0n) is 11.9. The predicted octanol–water partition coefficient (Wildman–Crippen LogP) is 1.05. The number of rotatable bonds is 3. The summed E-state index contributed by atoms with van der Waals surface area (Å²) >= 11 is 1.52. The molecule has 2 aliphatic heterocycles. The number of carbonyl (C=O) groups excluding carboxylic acids is 1. The summed E-state index contributed by atoms with van der Waals surface area (Å²) in [6.45, 7) is 4.49. The molecular weight excluding hydrogens is 280 g/mol. The number of aliphatic hydroxyl groups is 1. The van der Waals surface area contributed by atoms with Gasteiger partial charge in [0, 0.05) is 12.3 Å². The summed E-state index contributed by atoms with van der Waals surface area (Å²) in [4.78, 5) is 27.2. The second-order valence-electron chi connectivity index (χ2n) is 5.45. The molecule has 2 heterocycles. The lowest BCUT2D eigenvalue weighted by Crippen LogP contribution is -2.53. The highest BCUT2D eigenvalue weighted by Crippen LogP contribution is 2.34. The fourth-order valence-corrected chi connectivity index (χ4v) is 4.34. The molecule has 7 heteroatoms. The molecular formula is C13H22N2O4S. The van der Waals surface area contributed by atoms with Crippen molar-refractivity contribution in [2.75, 3.05) is 18.9 Å². The Morgan fingerprint density at radius 2 is 2.10 bits per heavy atom. The van der Waals surface area contributed by atoms with E-state index < -0.39 is 12.0 Å². The summed E-state index contributed by atoms with van der Waals surface area (Å²) in [7, 11) is 0. The van der Waals surface area contributed by atoms with Crippen molar-refractivity contribution in [2.45, 2.75) is 44.1 Å². The highest BCUT2D eigenvalue weighted by atomic mass is 32.2. The number of aliphatic hydroxyl groups excluding tert-OH is 1. The van der Waals surface area contributed by atoms with Gasteiger partial charge < -0.3 is 15.1 Å². The molecule has 0 spiro atoms. The van der Waals surface area contributed by atoms with Gasteiger partial charge >= 0.3 is 12.0 Å². The summed E-state index contributed by atoms with van der Waals surface area (Å²) in [6, 6.07) is -1.19. The van der Waals surface area contributed by atoms with E-state index in [0.29, 0.717) is 12.3 Å². The Morgan fingerprint density at radius 3 is 2.65 bits per heavy atom. The Labute approximate surface area is 123 Å². The fourth-order valence-electron chi connectivity index (χ4n) is 3.00. The summed E-state index contributed by atoms with van der Waals surface area (Å²) in [5.74, 6) is -0.260. The lowest BCUT2D eigenvalue weighted by atomic mass is 10.0. The molecule has 2 fully saturated rings. The number of hydrogen-bond acceptors (Lipinski definition) is 4. The number of nitrogens with zero attached hydrogens (tertiary/aromatic N) is 2. The van der Waals surface area contributed by atoms with Crippen LogP contribution in [0.3, 0.4) is 0 Å². The van der Waals surface area contributed by atoms with E-state index in [4.69, 9.17) is 0 Å². The van der Waals surface area contributed by atoms with E-state index in [1.165, 1.54) is 16.7 Å². The molecule has 114 valence electrons. The third-order valence-electron chi connectivity index (χ3n) is 4.26. The molecule has 2 N–H and O–H groups in total. The van der Waals surface area contributed by atoms with Gasteiger partial charge in [0.15, 0.2) is 0 Å². The molecule has 6 nitrogen and oxygen atoms in total. The summed E-state index contributed by atoms with van der Waals surface area (Å²) in [5.41, 5.74) is 0. The number of carboxylic acids is 1. The van der Waals surface area contributed by atoms with Gasteiger partial charge in [-0.25, -0.2) is 9.59 Å². The van der Waals surface area contributed by atoms with Crippen LogP contribution in [-0.4, -0.2) is 68.4 Å². The first-order chi connectivity index (χ1) is 9.51. The average Bonchev–Trinajstić information content (AvgIpc) is 3.00. The van der Waals surface area contributed by atoms with Crippen LogP contribution in [0.2, 0.25) is 0 Å². The van der Waals surface area contributed by atoms with Crippen molar-refractivity contribution in [3.63, 3.8) is 0 Å². The minimum Gasteiger partial charge on any atom is -0.480 e. The topological polar surface area (TPSA) is 81.1 Å². The van der Waals surface area contributed by atoms with Crippen molar-refractivity contribution in [1.82, 2.24) is 9.80 Å². The molecule has 4 unspecified atom stereocenters. The van der Waals surface area contributed by atoms with Crippen molar-refractivity contribution >= 4 is 23.8 Å². The quantitative estimate of drug-likeness (QED) is 0.814. The summed E-state index contributed by atoms with van der Waals surface area (Å²) in [6.07, 6.45) is 1.58. The molecule has 2 rings (SSSR count). The third-order valence-corrected chi connectivity index (χ3v) is 5.72. The van der Waals surface area contributed by atoms with E-state index in [9.17, 15) is 19.8 Å². The summed E-state index contributed by atoms with van der Waals surface area (Å²) < 4.78 is 0. The van der Waals surface area contributed by atoms with Gasteiger partial charge in [0.1, 0.15) is 6.04 Å². The van der Waals surface area contributed by atoms with Crippen molar-refractivity contribution in [2.24, 2.45) is 5.92 Å². The molecule has 2 saturated heterocycles. The largest absolute Gasteiger partial charge is 0.480 e. The van der Waals surface area contributed by atoms with Crippen LogP contribution in [0.15, 0.2) is 0 Å². The number of likely N-dealkylation sites (tertiary alicyclic amines) is 1. The van der Waals surface area contributed by atoms with Gasteiger partial charge in [-0.05, 0) is 18.8 Å². The Bertz CT molecular complexity index is 393. The molecule has 2 amide bonds. The number of hydrogen-bond donors (Lipinski definition) is 2. The molecule has 0 aromatic heterocycles. The van der Waals surface area contributed by atoms with E-state index >= 15 is 0 Å². The number of aliphatic carboxylic acids is 1. The predicted molar refractivity (Wildman–Crippen MR) is 76.6 cm³/mol. The lowest BCUT2D eigenvalue weighted by Gasteiger charge is -2.34. The minimum atomic E-state index is -0.949. The highest BCUT2D eigenvalue weighted by Gasteiger charge is 2.45. The van der Waals surface area contributed by atoms with Crippen molar-refractivity contribution in [1.29, 1.82) is 0 Å². The van der Waals surface area contributed by atoms with Gasteiger partial charge in [-0.2, -0.15) is 0 Å². The van der Waals surface area contributed by atoms with Crippen molar-refractivity contribution in [3.8, 4) is 0 Å². The number of thioether (sulfide) groups is 1. The Morgan fingerprint density at radius 1 is 1.40 bits per heavy atom. The normalized spacial score (nSPS) is 33.8. The maximum absolute atomic E-state index is 12.7. The molecule has 0 aliphatic carbocycles. The number of urea groups is 1. The summed E-state index contributed by atoms with van der Waals surface area (Å²) in [5, 5.41) is 18.7. The standard InChI is InChI=1S/C13H22N2O4S/c1-3-11-15(10(7-20-11)12(17)18)13(19)14-5-4-8(2)9(14)6-16/h8-11,16H,3-7H2,1-2H3,(H,17,18). The molecule has 20 heavy (non-hydrogen) atoms. The van der Waals surface area contributed by atoms with E-state index in [1.54, 1.807) is 4.90 Å². The van der Waals surface area contributed by atoms with Crippen LogP contribution in [0.25, 0.3) is 0 Å². The zero-order valence-corrected chi connectivity index (χ0v) is 12.7. The van der Waals surface area contributed by atoms with Crippen LogP contribution in [-0.2, 0) is 4.79 Å². The van der Waals surface area contributed by atoms with Gasteiger partial charge in [-0.15, -0.1) is 11.8 Å². The van der Waals surface area contributed by atoms with Crippen LogP contribution in [0.4, 0.5) is 4.79 Å². The Hall–Kier alpha value is -0.950. The first-order valence-electron chi connectivity index (χ1n) is 7.05. The van der Waals surface area contributed by atoms with Crippen LogP contribution in [0, 0.1) is 5.92 Å². The Balaban J connectivity index is 2.19. The molecule has 0 bridgehead atoms. The van der Waals surface area contributed by atoms with Crippen LogP contribution < -0.4 is 0 Å². The zero-order chi connectivity index (χ0) is 14.9. The SMILES string of the molecule is CCC1SCC(C(=O)O)N1C(=O)N1CCC(C)C1CO. The van der Waals surface area contributed by atoms with E-state index in [0.717, 1.165) is 12.8 Å². The minimum absolute atomic E-state index is 0.0670. The van der Waals surface area contributed by atoms with E-state index in [-0.39, 0.29) is 30.0 Å². The van der Waals surface area contributed by atoms with Gasteiger partial charge in [-0.1, -0.05) is 13.8 Å². The fraction of sp³-hybridized carbons (Fsp3) is 0.846.